The van der Waals surface area contributed by atoms with Crippen LogP contribution in [0.25, 0.3) is 16.3 Å². The maximum Gasteiger partial charge on any atom is 0.265 e. The number of rotatable bonds is 12. The first-order valence-electron chi connectivity index (χ1n) is 13.4. The van der Waals surface area contributed by atoms with E-state index in [-0.39, 0.29) is 22.8 Å². The number of benzene rings is 1. The third kappa shape index (κ3) is 10.8. The summed E-state index contributed by atoms with van der Waals surface area (Å²) in [5.74, 6) is -0.540. The molecule has 1 aromatic heterocycles. The van der Waals surface area contributed by atoms with E-state index in [2.05, 4.69) is 28.2 Å². The molecule has 8 nitrogen and oxygen atoms in total. The fourth-order valence-corrected chi connectivity index (χ4v) is 7.83. The summed E-state index contributed by atoms with van der Waals surface area (Å²) in [5.41, 5.74) is 1.02. The number of thiazole rings is 1. The molecule has 0 amide bonds. The van der Waals surface area contributed by atoms with Crippen LogP contribution in [0, 0.1) is 0 Å². The van der Waals surface area contributed by atoms with Gasteiger partial charge in [-0.2, -0.15) is 21.4 Å². The normalized spacial score (nSPS) is 19.8. The Morgan fingerprint density at radius 2 is 1.60 bits per heavy atom. The average Bonchev–Trinajstić information content (AvgIpc) is 3.45. The van der Waals surface area contributed by atoms with Gasteiger partial charge in [-0.15, -0.1) is 6.58 Å². The Morgan fingerprint density at radius 1 is 0.952 bits per heavy atom. The van der Waals surface area contributed by atoms with Crippen LogP contribution in [-0.4, -0.2) is 60.2 Å². The monoisotopic (exact) mass is 649 g/mol. The molecule has 1 aliphatic carbocycles. The molecule has 2 aliphatic rings. The van der Waals surface area contributed by atoms with Gasteiger partial charge in [0.1, 0.15) is 4.70 Å². The molecule has 12 heteroatoms. The lowest BCUT2D eigenvalue weighted by atomic mass is 10.1. The lowest BCUT2D eigenvalue weighted by molar-refractivity contribution is -0.668. The Hall–Kier alpha value is -2.74. The van der Waals surface area contributed by atoms with E-state index in [0.29, 0.717) is 25.9 Å². The van der Waals surface area contributed by atoms with Crippen LogP contribution < -0.4 is 4.57 Å². The van der Waals surface area contributed by atoms with Gasteiger partial charge in [-0.1, -0.05) is 96.0 Å². The smallest absolute Gasteiger partial charge is 0.265 e. The molecule has 0 radical (unpaired) electrons. The van der Waals surface area contributed by atoms with E-state index < -0.39 is 20.2 Å². The van der Waals surface area contributed by atoms with E-state index >= 15 is 0 Å². The molecule has 0 spiro atoms. The minimum absolute atomic E-state index is 0.157. The van der Waals surface area contributed by atoms with Gasteiger partial charge >= 0.3 is 0 Å². The van der Waals surface area contributed by atoms with Crippen molar-refractivity contribution >= 4 is 59.6 Å². The second-order valence-electron chi connectivity index (χ2n) is 9.42. The molecule has 2 atom stereocenters. The number of fused-ring (bicyclic) bond motifs is 2. The standard InChI is InChI=1S/C27H30N2O6S4.C3H6/c30-38(31,32)20-10-18-28-22-12-6-8-14-24(22)36-26(28)16-4-2-1-3-5-17-27-29(19-11-21-39(33,34)35)23-13-7-9-15-25(23)37-27;1-3-2/h1-9,12-17,22,24H,10-11,18-21H2,(H-,30,31,32,33,34,35);3H,1H2,2H3/p+1. The summed E-state index contributed by atoms with van der Waals surface area (Å²) >= 11 is 3.35. The van der Waals surface area contributed by atoms with Crippen LogP contribution in [0.2, 0.25) is 0 Å². The Balaban J connectivity index is 0.00000155. The van der Waals surface area contributed by atoms with Gasteiger partial charge in [0.25, 0.3) is 25.2 Å². The molecule has 1 aromatic carbocycles. The summed E-state index contributed by atoms with van der Waals surface area (Å²) in [6, 6.07) is 8.09. The second-order valence-corrected chi connectivity index (χ2v) is 14.8. The van der Waals surface area contributed by atoms with Crippen LogP contribution in [0.15, 0.2) is 103 Å². The zero-order valence-corrected chi connectivity index (χ0v) is 26.7. The zero-order chi connectivity index (χ0) is 30.6. The molecule has 0 bridgehead atoms. The highest BCUT2D eigenvalue weighted by atomic mass is 32.2. The lowest BCUT2D eigenvalue weighted by Gasteiger charge is -2.27. The summed E-state index contributed by atoms with van der Waals surface area (Å²) in [6.07, 6.45) is 24.3. The van der Waals surface area contributed by atoms with Gasteiger partial charge in [-0.3, -0.25) is 9.11 Å². The summed E-state index contributed by atoms with van der Waals surface area (Å²) < 4.78 is 65.8. The molecule has 2 heterocycles. The van der Waals surface area contributed by atoms with Crippen LogP contribution in [0.3, 0.4) is 0 Å². The molecular weight excluding hydrogens is 613 g/mol. The highest BCUT2D eigenvalue weighted by Gasteiger charge is 2.35. The van der Waals surface area contributed by atoms with Gasteiger partial charge in [0.15, 0.2) is 6.54 Å². The van der Waals surface area contributed by atoms with E-state index in [1.165, 1.54) is 0 Å². The third-order valence-corrected chi connectivity index (χ3v) is 10.2. The van der Waals surface area contributed by atoms with E-state index in [4.69, 9.17) is 9.11 Å². The Morgan fingerprint density at radius 3 is 2.33 bits per heavy atom. The number of aryl methyl sites for hydroxylation is 1. The molecule has 2 unspecified atom stereocenters. The van der Waals surface area contributed by atoms with Crippen LogP contribution in [0.1, 0.15) is 24.8 Å². The van der Waals surface area contributed by atoms with Crippen LogP contribution >= 0.6 is 23.1 Å². The van der Waals surface area contributed by atoms with Crippen molar-refractivity contribution < 1.29 is 30.5 Å². The van der Waals surface area contributed by atoms with Gasteiger partial charge < -0.3 is 4.90 Å². The van der Waals surface area contributed by atoms with Crippen molar-refractivity contribution in [3.8, 4) is 0 Å². The fourth-order valence-electron chi connectivity index (χ4n) is 4.41. The quantitative estimate of drug-likeness (QED) is 0.128. The number of para-hydroxylation sites is 1. The van der Waals surface area contributed by atoms with Crippen molar-refractivity contribution in [2.45, 2.75) is 37.6 Å². The largest absolute Gasteiger partial charge is 0.358 e. The molecule has 2 N–H and O–H groups in total. The van der Waals surface area contributed by atoms with E-state index in [9.17, 15) is 16.8 Å². The number of thioether (sulfide) groups is 1. The topological polar surface area (TPSA) is 116 Å². The Kier molecular flexibility index (Phi) is 13.0. The van der Waals surface area contributed by atoms with Crippen molar-refractivity contribution in [1.29, 1.82) is 0 Å². The summed E-state index contributed by atoms with van der Waals surface area (Å²) in [6.45, 7) is 6.26. The molecule has 1 fully saturated rings. The van der Waals surface area contributed by atoms with Crippen LogP contribution in [0.4, 0.5) is 0 Å². The van der Waals surface area contributed by atoms with Crippen molar-refractivity contribution in [2.24, 2.45) is 0 Å². The fraction of sp³-hybridized carbons (Fsp3) is 0.300. The maximum absolute atomic E-state index is 11.1. The predicted molar refractivity (Wildman–Crippen MR) is 176 cm³/mol. The van der Waals surface area contributed by atoms with Gasteiger partial charge in [-0.25, -0.2) is 0 Å². The lowest BCUT2D eigenvalue weighted by Crippen LogP contribution is -2.35. The molecule has 2 aromatic rings. The molecule has 226 valence electrons. The molecule has 42 heavy (non-hydrogen) atoms. The first-order chi connectivity index (χ1) is 20.0. The molecule has 4 rings (SSSR count). The number of hydrogen-bond donors (Lipinski definition) is 2. The third-order valence-electron chi connectivity index (χ3n) is 6.10. The van der Waals surface area contributed by atoms with Gasteiger partial charge in [-0.05, 0) is 25.5 Å². The van der Waals surface area contributed by atoms with E-state index in [1.807, 2.05) is 85.9 Å². The van der Waals surface area contributed by atoms with Crippen molar-refractivity contribution in [2.75, 3.05) is 18.1 Å². The van der Waals surface area contributed by atoms with Crippen molar-refractivity contribution in [1.82, 2.24) is 4.90 Å². The number of allylic oxidation sites excluding steroid dienone is 9. The van der Waals surface area contributed by atoms with Crippen LogP contribution in [-0.2, 0) is 26.8 Å². The summed E-state index contributed by atoms with van der Waals surface area (Å²) in [7, 11) is -7.98. The Labute approximate surface area is 257 Å². The van der Waals surface area contributed by atoms with Gasteiger partial charge in [0.2, 0.25) is 5.52 Å². The first kappa shape index (κ1) is 33.8. The van der Waals surface area contributed by atoms with Crippen molar-refractivity contribution in [3.63, 3.8) is 0 Å². The molecule has 1 aliphatic heterocycles. The zero-order valence-electron chi connectivity index (χ0n) is 23.4. The van der Waals surface area contributed by atoms with Crippen molar-refractivity contribution in [3.05, 3.63) is 108 Å². The van der Waals surface area contributed by atoms with E-state index in [1.54, 1.807) is 29.2 Å². The van der Waals surface area contributed by atoms with Crippen LogP contribution in [0.5, 0.6) is 0 Å². The first-order valence-corrected chi connectivity index (χ1v) is 18.3. The summed E-state index contributed by atoms with van der Waals surface area (Å²) in [4.78, 5) is 2.18. The molecule has 0 saturated carbocycles. The average molecular weight is 650 g/mol. The minimum Gasteiger partial charge on any atom is -0.358 e. The highest BCUT2D eigenvalue weighted by molar-refractivity contribution is 8.04. The van der Waals surface area contributed by atoms with Gasteiger partial charge in [0, 0.05) is 25.1 Å². The predicted octanol–water partition coefficient (Wildman–Crippen LogP) is 5.82. The molecule has 1 saturated heterocycles. The number of aromatic nitrogens is 1. The highest BCUT2D eigenvalue weighted by Crippen LogP contribution is 2.41. The second kappa shape index (κ2) is 16.2. The van der Waals surface area contributed by atoms with E-state index in [0.717, 1.165) is 20.3 Å². The minimum atomic E-state index is -4.00. The number of nitrogens with zero attached hydrogens (tertiary/aromatic N) is 2. The maximum atomic E-state index is 11.1. The number of hydrogen-bond acceptors (Lipinski definition) is 7. The Bertz CT molecular complexity index is 1620. The molecular formula is C30H37N2O6S4+. The van der Waals surface area contributed by atoms with Gasteiger partial charge in [0.05, 0.1) is 27.8 Å². The SMILES string of the molecule is C=CC.O=S(=O)(O)CCCN1/C(=C/C=C/C=C/C=C/c2sc3ccccc3[n+]2CCCS(=O)(=O)O)SC2C=CC=CC21. The summed E-state index contributed by atoms with van der Waals surface area (Å²) in [5, 5.41) is 2.30.